The second-order valence-corrected chi connectivity index (χ2v) is 7.03. The van der Waals surface area contributed by atoms with Crippen molar-refractivity contribution < 1.29 is 14.3 Å². The molecule has 136 valence electrons. The molecule has 0 saturated carbocycles. The Labute approximate surface area is 153 Å². The zero-order valence-electron chi connectivity index (χ0n) is 15.1. The monoisotopic (exact) mass is 353 g/mol. The zero-order valence-corrected chi connectivity index (χ0v) is 15.1. The van der Waals surface area contributed by atoms with E-state index < -0.39 is 5.97 Å². The molecule has 1 aromatic rings. The fourth-order valence-electron chi connectivity index (χ4n) is 3.94. The Kier molecular flexibility index (Phi) is 5.38. The lowest BCUT2D eigenvalue weighted by Gasteiger charge is -2.36. The van der Waals surface area contributed by atoms with Gasteiger partial charge in [0, 0.05) is 25.0 Å². The van der Waals surface area contributed by atoms with E-state index in [1.54, 1.807) is 24.3 Å². The molecule has 2 fully saturated rings. The maximum absolute atomic E-state index is 12.5. The standard InChI is InChI=1S/C20H23N3O3/c1-13(24)26-19-5-3-4-14(9-19)8-15(12-21)20(25)22-16-10-17-6-7-18(11-16)23(17)2/h3-5,8-9,16-18H,6-7,10-11H2,1-2H3,(H,22,25). The summed E-state index contributed by atoms with van der Waals surface area (Å²) in [6.45, 7) is 1.32. The molecule has 3 rings (SSSR count). The van der Waals surface area contributed by atoms with Crippen LogP contribution in [0.5, 0.6) is 5.75 Å². The van der Waals surface area contributed by atoms with Gasteiger partial charge in [-0.2, -0.15) is 5.26 Å². The minimum Gasteiger partial charge on any atom is -0.427 e. The van der Waals surface area contributed by atoms with Crippen molar-refractivity contribution in [1.82, 2.24) is 10.2 Å². The summed E-state index contributed by atoms with van der Waals surface area (Å²) in [7, 11) is 2.15. The molecule has 0 aromatic heterocycles. The highest BCUT2D eigenvalue weighted by Gasteiger charge is 2.38. The molecular formula is C20H23N3O3. The van der Waals surface area contributed by atoms with E-state index in [4.69, 9.17) is 4.74 Å². The Balaban J connectivity index is 1.68. The van der Waals surface area contributed by atoms with Crippen molar-refractivity contribution in [3.63, 3.8) is 0 Å². The number of benzene rings is 1. The van der Waals surface area contributed by atoms with Gasteiger partial charge in [0.2, 0.25) is 0 Å². The molecule has 1 N–H and O–H groups in total. The highest BCUT2D eigenvalue weighted by molar-refractivity contribution is 6.01. The van der Waals surface area contributed by atoms with Crippen LogP contribution in [0.2, 0.25) is 0 Å². The van der Waals surface area contributed by atoms with Gasteiger partial charge in [-0.3, -0.25) is 9.59 Å². The van der Waals surface area contributed by atoms with Gasteiger partial charge in [0.1, 0.15) is 17.4 Å². The van der Waals surface area contributed by atoms with Gasteiger partial charge in [-0.05, 0) is 56.5 Å². The summed E-state index contributed by atoms with van der Waals surface area (Å²) >= 11 is 0. The van der Waals surface area contributed by atoms with E-state index in [-0.39, 0.29) is 17.5 Å². The highest BCUT2D eigenvalue weighted by Crippen LogP contribution is 2.34. The normalized spacial score (nSPS) is 25.4. The quantitative estimate of drug-likeness (QED) is 0.389. The van der Waals surface area contributed by atoms with Crippen molar-refractivity contribution in [1.29, 1.82) is 5.26 Å². The molecule has 2 saturated heterocycles. The van der Waals surface area contributed by atoms with Crippen LogP contribution >= 0.6 is 0 Å². The average molecular weight is 353 g/mol. The molecular weight excluding hydrogens is 330 g/mol. The molecule has 0 radical (unpaired) electrons. The van der Waals surface area contributed by atoms with Crippen LogP contribution in [-0.2, 0) is 9.59 Å². The lowest BCUT2D eigenvalue weighted by molar-refractivity contribution is -0.131. The van der Waals surface area contributed by atoms with Gasteiger partial charge >= 0.3 is 5.97 Å². The average Bonchev–Trinajstić information content (AvgIpc) is 2.81. The van der Waals surface area contributed by atoms with E-state index in [0.29, 0.717) is 23.4 Å². The van der Waals surface area contributed by atoms with Crippen LogP contribution < -0.4 is 10.1 Å². The molecule has 2 aliphatic rings. The third kappa shape index (κ3) is 4.12. The summed E-state index contributed by atoms with van der Waals surface area (Å²) in [6.07, 6.45) is 5.74. The minimum atomic E-state index is -0.415. The summed E-state index contributed by atoms with van der Waals surface area (Å²) in [6, 6.07) is 9.88. The molecule has 2 atom stereocenters. The first-order valence-electron chi connectivity index (χ1n) is 8.89. The fraction of sp³-hybridized carbons (Fsp3) is 0.450. The third-order valence-corrected chi connectivity index (χ3v) is 5.23. The number of hydrogen-bond donors (Lipinski definition) is 1. The first-order chi connectivity index (χ1) is 12.5. The summed E-state index contributed by atoms with van der Waals surface area (Å²) in [5.41, 5.74) is 0.690. The van der Waals surface area contributed by atoms with Gasteiger partial charge in [0.15, 0.2) is 0 Å². The summed E-state index contributed by atoms with van der Waals surface area (Å²) in [5.74, 6) is -0.378. The second kappa shape index (κ2) is 7.71. The number of nitrogens with one attached hydrogen (secondary N) is 1. The van der Waals surface area contributed by atoms with Gasteiger partial charge in [-0.1, -0.05) is 12.1 Å². The van der Waals surface area contributed by atoms with E-state index in [0.717, 1.165) is 12.8 Å². The molecule has 6 nitrogen and oxygen atoms in total. The molecule has 2 aliphatic heterocycles. The van der Waals surface area contributed by atoms with Gasteiger partial charge in [-0.15, -0.1) is 0 Å². The Morgan fingerprint density at radius 2 is 2.00 bits per heavy atom. The molecule has 0 aliphatic carbocycles. The van der Waals surface area contributed by atoms with Gasteiger partial charge in [-0.25, -0.2) is 0 Å². The number of fused-ring (bicyclic) bond motifs is 2. The number of nitriles is 1. The van der Waals surface area contributed by atoms with E-state index in [9.17, 15) is 14.9 Å². The molecule has 0 spiro atoms. The van der Waals surface area contributed by atoms with Crippen LogP contribution in [0.15, 0.2) is 29.8 Å². The van der Waals surface area contributed by atoms with Crippen molar-refractivity contribution >= 4 is 18.0 Å². The molecule has 2 bridgehead atoms. The lowest BCUT2D eigenvalue weighted by atomic mass is 9.97. The Hall–Kier alpha value is -2.65. The maximum Gasteiger partial charge on any atom is 0.308 e. The molecule has 2 heterocycles. The van der Waals surface area contributed by atoms with E-state index in [1.165, 1.54) is 25.8 Å². The number of amides is 1. The first kappa shape index (κ1) is 18.2. The Bertz CT molecular complexity index is 767. The van der Waals surface area contributed by atoms with Crippen LogP contribution in [0.1, 0.15) is 38.2 Å². The van der Waals surface area contributed by atoms with Crippen molar-refractivity contribution in [2.75, 3.05) is 7.05 Å². The molecule has 1 aromatic carbocycles. The topological polar surface area (TPSA) is 82.4 Å². The minimum absolute atomic E-state index is 0.0521. The van der Waals surface area contributed by atoms with Crippen molar-refractivity contribution in [2.45, 2.75) is 50.7 Å². The van der Waals surface area contributed by atoms with E-state index in [1.807, 2.05) is 6.07 Å². The number of ether oxygens (including phenoxy) is 1. The SMILES string of the molecule is CC(=O)Oc1cccc(C=C(C#N)C(=O)NC2CC3CCC(C2)N3C)c1. The number of esters is 1. The van der Waals surface area contributed by atoms with Crippen molar-refractivity contribution in [3.05, 3.63) is 35.4 Å². The van der Waals surface area contributed by atoms with E-state index in [2.05, 4.69) is 17.3 Å². The van der Waals surface area contributed by atoms with Gasteiger partial charge in [0.05, 0.1) is 0 Å². The zero-order chi connectivity index (χ0) is 18.7. The largest absolute Gasteiger partial charge is 0.427 e. The third-order valence-electron chi connectivity index (χ3n) is 5.23. The summed E-state index contributed by atoms with van der Waals surface area (Å²) < 4.78 is 5.04. The Morgan fingerprint density at radius 1 is 1.31 bits per heavy atom. The molecule has 1 amide bonds. The van der Waals surface area contributed by atoms with Crippen molar-refractivity contribution in [2.24, 2.45) is 0 Å². The lowest BCUT2D eigenvalue weighted by Crippen LogP contribution is -2.48. The van der Waals surface area contributed by atoms with Crippen LogP contribution in [0, 0.1) is 11.3 Å². The summed E-state index contributed by atoms with van der Waals surface area (Å²) in [4.78, 5) is 26.0. The van der Waals surface area contributed by atoms with Gasteiger partial charge in [0.25, 0.3) is 5.91 Å². The van der Waals surface area contributed by atoms with E-state index >= 15 is 0 Å². The second-order valence-electron chi connectivity index (χ2n) is 7.03. The number of piperidine rings is 1. The molecule has 2 unspecified atom stereocenters. The van der Waals surface area contributed by atoms with Gasteiger partial charge < -0.3 is 15.0 Å². The number of nitrogens with zero attached hydrogens (tertiary/aromatic N) is 2. The summed E-state index contributed by atoms with van der Waals surface area (Å²) in [5, 5.41) is 12.4. The molecule has 26 heavy (non-hydrogen) atoms. The van der Waals surface area contributed by atoms with Crippen molar-refractivity contribution in [3.8, 4) is 11.8 Å². The predicted octanol–water partition coefficient (Wildman–Crippen LogP) is 2.26. The van der Waals surface area contributed by atoms with Crippen LogP contribution in [-0.4, -0.2) is 41.9 Å². The number of rotatable bonds is 4. The fourth-order valence-corrected chi connectivity index (χ4v) is 3.94. The first-order valence-corrected chi connectivity index (χ1v) is 8.89. The number of carbonyl (C=O) groups excluding carboxylic acids is 2. The molecule has 6 heteroatoms. The maximum atomic E-state index is 12.5. The number of hydrogen-bond acceptors (Lipinski definition) is 5. The van der Waals surface area contributed by atoms with Crippen LogP contribution in [0.25, 0.3) is 6.08 Å². The smallest absolute Gasteiger partial charge is 0.308 e. The predicted molar refractivity (Wildman–Crippen MR) is 97.1 cm³/mol. The number of carbonyl (C=O) groups is 2. The van der Waals surface area contributed by atoms with Crippen LogP contribution in [0.4, 0.5) is 0 Å². The Morgan fingerprint density at radius 3 is 2.62 bits per heavy atom. The highest BCUT2D eigenvalue weighted by atomic mass is 16.5. The van der Waals surface area contributed by atoms with Crippen LogP contribution in [0.3, 0.4) is 0 Å².